The Morgan fingerprint density at radius 3 is 2.42 bits per heavy atom. The van der Waals surface area contributed by atoms with Crippen LogP contribution in [-0.2, 0) is 6.42 Å². The predicted molar refractivity (Wildman–Crippen MR) is 79.9 cm³/mol. The molecule has 0 bridgehead atoms. The van der Waals surface area contributed by atoms with Gasteiger partial charge < -0.3 is 5.11 Å². The van der Waals surface area contributed by atoms with Crippen molar-refractivity contribution in [2.24, 2.45) is 0 Å². The van der Waals surface area contributed by atoms with E-state index in [2.05, 4.69) is 11.1 Å². The van der Waals surface area contributed by atoms with Gasteiger partial charge in [0.1, 0.15) is 5.75 Å². The van der Waals surface area contributed by atoms with Crippen molar-refractivity contribution in [3.63, 3.8) is 0 Å². The molecule has 19 heavy (non-hydrogen) atoms. The molecule has 0 radical (unpaired) electrons. The molecule has 1 aromatic heterocycles. The lowest BCUT2D eigenvalue weighted by molar-refractivity contribution is 0.470. The number of pyridine rings is 1. The summed E-state index contributed by atoms with van der Waals surface area (Å²) in [5.41, 5.74) is 2.12. The second-order valence-corrected chi connectivity index (χ2v) is 4.32. The van der Waals surface area contributed by atoms with Crippen molar-refractivity contribution in [2.45, 2.75) is 6.42 Å². The number of nitrogens with zero attached hydrogens (tertiary/aromatic N) is 1. The first-order chi connectivity index (χ1) is 8.84. The number of rotatable bonds is 2. The van der Waals surface area contributed by atoms with Gasteiger partial charge in [0, 0.05) is 24.4 Å². The second kappa shape index (κ2) is 5.72. The summed E-state index contributed by atoms with van der Waals surface area (Å²) >= 11 is 0. The topological polar surface area (TPSA) is 33.1 Å². The number of phenolic OH excluding ortho intramolecular Hbond substituents is 1. The Balaban J connectivity index is 0.00000133. The Kier molecular flexibility index (Phi) is 4.03. The van der Waals surface area contributed by atoms with Crippen LogP contribution in [0.4, 0.5) is 0 Å². The van der Waals surface area contributed by atoms with Gasteiger partial charge in [0.25, 0.3) is 0 Å². The number of phenols is 1. The number of aromatic hydroxyl groups is 1. The largest absolute Gasteiger partial charge is 0.508 e. The summed E-state index contributed by atoms with van der Waals surface area (Å²) in [6, 6.07) is 15.8. The number of aromatic nitrogens is 1. The summed E-state index contributed by atoms with van der Waals surface area (Å²) < 4.78 is 0. The van der Waals surface area contributed by atoms with E-state index in [0.717, 1.165) is 28.3 Å². The van der Waals surface area contributed by atoms with Crippen LogP contribution in [0.15, 0.2) is 60.9 Å². The van der Waals surface area contributed by atoms with Crippen LogP contribution in [0.2, 0.25) is 0 Å². The van der Waals surface area contributed by atoms with Crippen LogP contribution in [-0.4, -0.2) is 10.1 Å². The highest BCUT2D eigenvalue weighted by Crippen LogP contribution is 2.29. The van der Waals surface area contributed by atoms with Crippen LogP contribution in [0, 0.1) is 0 Å². The van der Waals surface area contributed by atoms with Gasteiger partial charge in [-0.05, 0) is 34.5 Å². The molecular weight excluding hydrogens is 258 g/mol. The highest BCUT2D eigenvalue weighted by molar-refractivity contribution is 5.88. The molecule has 0 aliphatic carbocycles. The molecule has 1 heterocycles. The molecule has 0 aliphatic heterocycles. The minimum absolute atomic E-state index is 0. The molecule has 96 valence electrons. The van der Waals surface area contributed by atoms with Gasteiger partial charge in [0.15, 0.2) is 0 Å². The Labute approximate surface area is 118 Å². The van der Waals surface area contributed by atoms with Crippen molar-refractivity contribution in [3.05, 3.63) is 72.1 Å². The van der Waals surface area contributed by atoms with Crippen molar-refractivity contribution >= 4 is 23.2 Å². The van der Waals surface area contributed by atoms with Crippen molar-refractivity contribution in [2.75, 3.05) is 0 Å². The lowest BCUT2D eigenvalue weighted by atomic mass is 9.98. The summed E-state index contributed by atoms with van der Waals surface area (Å²) in [6.45, 7) is 0. The Morgan fingerprint density at radius 2 is 1.63 bits per heavy atom. The molecule has 0 unspecified atom stereocenters. The van der Waals surface area contributed by atoms with Crippen molar-refractivity contribution in [1.82, 2.24) is 4.98 Å². The van der Waals surface area contributed by atoms with Gasteiger partial charge in [-0.25, -0.2) is 0 Å². The maximum absolute atomic E-state index is 10.1. The van der Waals surface area contributed by atoms with Crippen LogP contribution < -0.4 is 0 Å². The number of halogens is 1. The zero-order valence-electron chi connectivity index (χ0n) is 10.3. The van der Waals surface area contributed by atoms with Gasteiger partial charge in [0.05, 0.1) is 0 Å². The van der Waals surface area contributed by atoms with E-state index in [4.69, 9.17) is 0 Å². The molecule has 3 heteroatoms. The fourth-order valence-electron chi connectivity index (χ4n) is 2.21. The van der Waals surface area contributed by atoms with Gasteiger partial charge in [-0.2, -0.15) is 0 Å². The number of benzene rings is 2. The minimum atomic E-state index is 0. The third-order valence-corrected chi connectivity index (χ3v) is 3.15. The summed E-state index contributed by atoms with van der Waals surface area (Å²) in [4.78, 5) is 4.01. The molecule has 0 atom stereocenters. The van der Waals surface area contributed by atoms with Crippen LogP contribution in [0.25, 0.3) is 10.8 Å². The lowest BCUT2D eigenvalue weighted by Crippen LogP contribution is -1.91. The molecule has 1 N–H and O–H groups in total. The molecule has 3 aromatic rings. The number of fused-ring (bicyclic) bond motifs is 1. The quantitative estimate of drug-likeness (QED) is 0.765. The van der Waals surface area contributed by atoms with E-state index >= 15 is 0 Å². The maximum atomic E-state index is 10.1. The molecular formula is C16H14ClNO. The first-order valence-electron chi connectivity index (χ1n) is 5.93. The smallest absolute Gasteiger partial charge is 0.119 e. The van der Waals surface area contributed by atoms with Gasteiger partial charge in [-0.15, -0.1) is 12.4 Å². The summed E-state index contributed by atoms with van der Waals surface area (Å²) in [7, 11) is 0. The third-order valence-electron chi connectivity index (χ3n) is 3.15. The molecule has 2 aromatic carbocycles. The van der Waals surface area contributed by atoms with Crippen molar-refractivity contribution in [1.29, 1.82) is 0 Å². The molecule has 0 fully saturated rings. The molecule has 0 spiro atoms. The Hall–Kier alpha value is -2.06. The van der Waals surface area contributed by atoms with Gasteiger partial charge in [-0.1, -0.05) is 30.3 Å². The van der Waals surface area contributed by atoms with E-state index in [1.165, 1.54) is 0 Å². The normalized spacial score (nSPS) is 10.1. The first-order valence-corrected chi connectivity index (χ1v) is 5.93. The monoisotopic (exact) mass is 271 g/mol. The number of hydrogen-bond acceptors (Lipinski definition) is 2. The minimum Gasteiger partial charge on any atom is -0.508 e. The van der Waals surface area contributed by atoms with E-state index in [9.17, 15) is 5.11 Å². The Bertz CT molecular complexity index is 683. The molecule has 2 nitrogen and oxygen atoms in total. The third kappa shape index (κ3) is 2.69. The van der Waals surface area contributed by atoms with Crippen LogP contribution in [0.5, 0.6) is 5.75 Å². The zero-order chi connectivity index (χ0) is 12.4. The molecule has 0 saturated heterocycles. The van der Waals surface area contributed by atoms with Gasteiger partial charge in [0.2, 0.25) is 0 Å². The van der Waals surface area contributed by atoms with Crippen molar-refractivity contribution < 1.29 is 5.11 Å². The molecule has 0 aliphatic rings. The summed E-state index contributed by atoms with van der Waals surface area (Å²) in [5, 5.41) is 12.3. The fourth-order valence-corrected chi connectivity index (χ4v) is 2.21. The molecule has 0 saturated carbocycles. The first kappa shape index (κ1) is 13.4. The van der Waals surface area contributed by atoms with Crippen LogP contribution >= 0.6 is 12.4 Å². The highest BCUT2D eigenvalue weighted by Gasteiger charge is 2.07. The lowest BCUT2D eigenvalue weighted by Gasteiger charge is -2.09. The van der Waals surface area contributed by atoms with E-state index < -0.39 is 0 Å². The second-order valence-electron chi connectivity index (χ2n) is 4.32. The van der Waals surface area contributed by atoms with Crippen LogP contribution in [0.3, 0.4) is 0 Å². The SMILES string of the molecule is Cl.Oc1ccc2ccccc2c1Cc1ccncc1. The summed E-state index contributed by atoms with van der Waals surface area (Å²) in [6.07, 6.45) is 4.27. The average Bonchev–Trinajstić information content (AvgIpc) is 2.43. The number of hydrogen-bond donors (Lipinski definition) is 1. The average molecular weight is 272 g/mol. The fraction of sp³-hybridized carbons (Fsp3) is 0.0625. The van der Waals surface area contributed by atoms with E-state index in [1.807, 2.05) is 36.4 Å². The van der Waals surface area contributed by atoms with Gasteiger partial charge in [-0.3, -0.25) is 4.98 Å². The van der Waals surface area contributed by atoms with E-state index in [-0.39, 0.29) is 12.4 Å². The van der Waals surface area contributed by atoms with Crippen molar-refractivity contribution in [3.8, 4) is 5.75 Å². The van der Waals surface area contributed by atoms with E-state index in [0.29, 0.717) is 5.75 Å². The molecule has 3 rings (SSSR count). The zero-order valence-corrected chi connectivity index (χ0v) is 11.1. The standard InChI is InChI=1S/C16H13NO.ClH/c18-16-6-5-13-3-1-2-4-14(13)15(16)11-12-7-9-17-10-8-12;/h1-10,18H,11H2;1H. The van der Waals surface area contributed by atoms with Gasteiger partial charge >= 0.3 is 0 Å². The maximum Gasteiger partial charge on any atom is 0.119 e. The predicted octanol–water partition coefficient (Wildman–Crippen LogP) is 3.95. The summed E-state index contributed by atoms with van der Waals surface area (Å²) in [5.74, 6) is 0.352. The van der Waals surface area contributed by atoms with Crippen LogP contribution in [0.1, 0.15) is 11.1 Å². The van der Waals surface area contributed by atoms with E-state index in [1.54, 1.807) is 18.5 Å². The molecule has 0 amide bonds. The highest BCUT2D eigenvalue weighted by atomic mass is 35.5. The Morgan fingerprint density at radius 1 is 0.895 bits per heavy atom.